The maximum Gasteiger partial charge on any atom is 0.304 e. The molecule has 0 radical (unpaired) electrons. The van der Waals surface area contributed by atoms with E-state index in [-0.39, 0.29) is 18.4 Å². The lowest BCUT2D eigenvalue weighted by atomic mass is 9.92. The SMILES string of the molecule is CC(N)C(CC(=O)O)c1cnn(-c2ccccc2)c1. The average Bonchev–Trinajstić information content (AvgIpc) is 2.86. The number of carboxylic acid groups (broad SMARTS) is 1. The molecule has 1 heterocycles. The van der Waals surface area contributed by atoms with Crippen LogP contribution < -0.4 is 5.73 Å². The molecule has 2 atom stereocenters. The van der Waals surface area contributed by atoms with Gasteiger partial charge in [0, 0.05) is 18.2 Å². The van der Waals surface area contributed by atoms with Crippen LogP contribution in [0.15, 0.2) is 42.7 Å². The van der Waals surface area contributed by atoms with Crippen LogP contribution in [0.2, 0.25) is 0 Å². The highest BCUT2D eigenvalue weighted by Crippen LogP contribution is 2.23. The van der Waals surface area contributed by atoms with Gasteiger partial charge in [-0.15, -0.1) is 0 Å². The molecular formula is C14H17N3O2. The van der Waals surface area contributed by atoms with Crippen molar-refractivity contribution in [3.63, 3.8) is 0 Å². The van der Waals surface area contributed by atoms with Crippen LogP contribution in [0.3, 0.4) is 0 Å². The molecule has 2 aromatic rings. The minimum Gasteiger partial charge on any atom is -0.481 e. The lowest BCUT2D eigenvalue weighted by molar-refractivity contribution is -0.137. The molecule has 0 aliphatic rings. The molecule has 5 nitrogen and oxygen atoms in total. The maximum absolute atomic E-state index is 10.9. The molecule has 3 N–H and O–H groups in total. The summed E-state index contributed by atoms with van der Waals surface area (Å²) in [5, 5.41) is 13.2. The second kappa shape index (κ2) is 5.67. The molecule has 2 unspecified atom stereocenters. The standard InChI is InChI=1S/C14H17N3O2/c1-10(15)13(7-14(18)19)11-8-16-17(9-11)12-5-3-2-4-6-12/h2-6,8-10,13H,7,15H2,1H3,(H,18,19). The molecule has 0 aliphatic carbocycles. The number of aliphatic carboxylic acids is 1. The zero-order chi connectivity index (χ0) is 13.8. The number of benzene rings is 1. The second-order valence-electron chi connectivity index (χ2n) is 4.62. The van der Waals surface area contributed by atoms with E-state index in [1.54, 1.807) is 10.9 Å². The van der Waals surface area contributed by atoms with E-state index in [1.165, 1.54) is 0 Å². The fourth-order valence-electron chi connectivity index (χ4n) is 2.05. The van der Waals surface area contributed by atoms with Gasteiger partial charge in [0.2, 0.25) is 0 Å². The Balaban J connectivity index is 2.26. The fraction of sp³-hybridized carbons (Fsp3) is 0.286. The van der Waals surface area contributed by atoms with Crippen molar-refractivity contribution in [3.05, 3.63) is 48.3 Å². The number of para-hydroxylation sites is 1. The van der Waals surface area contributed by atoms with Crippen LogP contribution in [-0.4, -0.2) is 26.9 Å². The van der Waals surface area contributed by atoms with Gasteiger partial charge in [-0.2, -0.15) is 5.10 Å². The number of carbonyl (C=O) groups is 1. The van der Waals surface area contributed by atoms with Gasteiger partial charge in [-0.3, -0.25) is 4.79 Å². The van der Waals surface area contributed by atoms with Crippen molar-refractivity contribution >= 4 is 5.97 Å². The molecule has 0 amide bonds. The number of nitrogens with zero attached hydrogens (tertiary/aromatic N) is 2. The van der Waals surface area contributed by atoms with Crippen LogP contribution in [-0.2, 0) is 4.79 Å². The number of carboxylic acids is 1. The average molecular weight is 259 g/mol. The minimum atomic E-state index is -0.852. The number of aromatic nitrogens is 2. The molecule has 0 fully saturated rings. The van der Waals surface area contributed by atoms with Crippen LogP contribution in [0, 0.1) is 0 Å². The summed E-state index contributed by atoms with van der Waals surface area (Å²) in [5.74, 6) is -1.08. The summed E-state index contributed by atoms with van der Waals surface area (Å²) in [6.07, 6.45) is 3.54. The Labute approximate surface area is 111 Å². The molecule has 0 aliphatic heterocycles. The van der Waals surface area contributed by atoms with Crippen molar-refractivity contribution in [3.8, 4) is 5.69 Å². The molecule has 19 heavy (non-hydrogen) atoms. The summed E-state index contributed by atoms with van der Waals surface area (Å²) >= 11 is 0. The zero-order valence-electron chi connectivity index (χ0n) is 10.7. The summed E-state index contributed by atoms with van der Waals surface area (Å²) in [6.45, 7) is 1.81. The second-order valence-corrected chi connectivity index (χ2v) is 4.62. The van der Waals surface area contributed by atoms with Gasteiger partial charge in [-0.1, -0.05) is 18.2 Å². The van der Waals surface area contributed by atoms with Crippen LogP contribution in [0.25, 0.3) is 5.69 Å². The van der Waals surface area contributed by atoms with Crippen molar-refractivity contribution < 1.29 is 9.90 Å². The third-order valence-corrected chi connectivity index (χ3v) is 3.08. The molecule has 1 aromatic heterocycles. The Kier molecular flexibility index (Phi) is 3.97. The number of hydrogen-bond donors (Lipinski definition) is 2. The summed E-state index contributed by atoms with van der Waals surface area (Å²) in [6, 6.07) is 9.44. The first kappa shape index (κ1) is 13.3. The van der Waals surface area contributed by atoms with E-state index >= 15 is 0 Å². The Morgan fingerprint density at radius 2 is 2.11 bits per heavy atom. The van der Waals surface area contributed by atoms with Crippen LogP contribution in [0.5, 0.6) is 0 Å². The van der Waals surface area contributed by atoms with Crippen molar-refractivity contribution in [1.29, 1.82) is 0 Å². The molecular weight excluding hydrogens is 242 g/mol. The highest BCUT2D eigenvalue weighted by Gasteiger charge is 2.21. The molecule has 0 spiro atoms. The monoisotopic (exact) mass is 259 g/mol. The number of hydrogen-bond acceptors (Lipinski definition) is 3. The molecule has 0 bridgehead atoms. The van der Waals surface area contributed by atoms with E-state index in [0.717, 1.165) is 11.3 Å². The summed E-state index contributed by atoms with van der Waals surface area (Å²) in [7, 11) is 0. The van der Waals surface area contributed by atoms with Gasteiger partial charge in [0.25, 0.3) is 0 Å². The predicted octanol–water partition coefficient (Wildman–Crippen LogP) is 1.78. The summed E-state index contributed by atoms with van der Waals surface area (Å²) < 4.78 is 1.73. The van der Waals surface area contributed by atoms with Crippen LogP contribution in [0.4, 0.5) is 0 Å². The van der Waals surface area contributed by atoms with E-state index in [0.29, 0.717) is 0 Å². The van der Waals surface area contributed by atoms with E-state index in [2.05, 4.69) is 5.10 Å². The fourth-order valence-corrected chi connectivity index (χ4v) is 2.05. The quantitative estimate of drug-likeness (QED) is 0.857. The lowest BCUT2D eigenvalue weighted by Gasteiger charge is -2.16. The molecule has 2 rings (SSSR count). The van der Waals surface area contributed by atoms with Gasteiger partial charge in [0.1, 0.15) is 0 Å². The minimum absolute atomic E-state index is 0.0121. The van der Waals surface area contributed by atoms with Crippen molar-refractivity contribution in [2.45, 2.75) is 25.3 Å². The topological polar surface area (TPSA) is 81.1 Å². The lowest BCUT2D eigenvalue weighted by Crippen LogP contribution is -2.26. The Morgan fingerprint density at radius 1 is 1.42 bits per heavy atom. The molecule has 0 saturated carbocycles. The number of rotatable bonds is 5. The van der Waals surface area contributed by atoms with Gasteiger partial charge in [-0.05, 0) is 24.6 Å². The van der Waals surface area contributed by atoms with E-state index in [4.69, 9.17) is 10.8 Å². The summed E-state index contributed by atoms with van der Waals surface area (Å²) in [5.41, 5.74) is 7.65. The molecule has 100 valence electrons. The highest BCUT2D eigenvalue weighted by molar-refractivity contribution is 5.68. The zero-order valence-corrected chi connectivity index (χ0v) is 10.7. The van der Waals surface area contributed by atoms with Crippen LogP contribution >= 0.6 is 0 Å². The molecule has 1 aromatic carbocycles. The summed E-state index contributed by atoms with van der Waals surface area (Å²) in [4.78, 5) is 10.9. The van der Waals surface area contributed by atoms with E-state index in [9.17, 15) is 4.79 Å². The van der Waals surface area contributed by atoms with Crippen LogP contribution in [0.1, 0.15) is 24.8 Å². The molecule has 5 heteroatoms. The van der Waals surface area contributed by atoms with E-state index in [1.807, 2.05) is 43.5 Å². The predicted molar refractivity (Wildman–Crippen MR) is 72.2 cm³/mol. The van der Waals surface area contributed by atoms with E-state index < -0.39 is 5.97 Å². The van der Waals surface area contributed by atoms with Crippen molar-refractivity contribution in [2.24, 2.45) is 5.73 Å². The van der Waals surface area contributed by atoms with Gasteiger partial charge in [0.15, 0.2) is 0 Å². The largest absolute Gasteiger partial charge is 0.481 e. The third-order valence-electron chi connectivity index (χ3n) is 3.08. The number of nitrogens with two attached hydrogens (primary N) is 1. The third kappa shape index (κ3) is 3.20. The first-order chi connectivity index (χ1) is 9.08. The van der Waals surface area contributed by atoms with Gasteiger partial charge in [-0.25, -0.2) is 4.68 Å². The first-order valence-electron chi connectivity index (χ1n) is 6.15. The highest BCUT2D eigenvalue weighted by atomic mass is 16.4. The normalized spacial score (nSPS) is 14.0. The maximum atomic E-state index is 10.9. The first-order valence-corrected chi connectivity index (χ1v) is 6.15. The van der Waals surface area contributed by atoms with Gasteiger partial charge in [0.05, 0.1) is 18.3 Å². The Hall–Kier alpha value is -2.14. The van der Waals surface area contributed by atoms with Gasteiger partial charge < -0.3 is 10.8 Å². The Bertz CT molecular complexity index is 549. The Morgan fingerprint density at radius 3 is 2.68 bits per heavy atom. The smallest absolute Gasteiger partial charge is 0.304 e. The molecule has 0 saturated heterocycles. The van der Waals surface area contributed by atoms with Gasteiger partial charge >= 0.3 is 5.97 Å². The van der Waals surface area contributed by atoms with Crippen molar-refractivity contribution in [1.82, 2.24) is 9.78 Å². The van der Waals surface area contributed by atoms with Crippen molar-refractivity contribution in [2.75, 3.05) is 0 Å².